The molecule has 6 N–H and O–H groups in total. The van der Waals surface area contributed by atoms with Crippen molar-refractivity contribution in [1.82, 2.24) is 10.6 Å². The number of nitrogens with one attached hydrogen (secondary N) is 3. The normalized spacial score (nSPS) is 16.8. The number of hydrogen-bond donors (Lipinski definition) is 6. The van der Waals surface area contributed by atoms with Gasteiger partial charge in [-0.2, -0.15) is 0 Å². The lowest BCUT2D eigenvalue weighted by Gasteiger charge is -2.47. The van der Waals surface area contributed by atoms with Gasteiger partial charge >= 0.3 is 0 Å². The third-order valence-electron chi connectivity index (χ3n) is 7.17. The van der Waals surface area contributed by atoms with E-state index in [1.54, 1.807) is 41.7 Å². The molecule has 3 aromatic rings. The lowest BCUT2D eigenvalue weighted by atomic mass is 10.00. The second-order valence-corrected chi connectivity index (χ2v) is 12.5. The van der Waals surface area contributed by atoms with Gasteiger partial charge in [0, 0.05) is 37.4 Å². The van der Waals surface area contributed by atoms with Gasteiger partial charge in [0.1, 0.15) is 11.6 Å². The molecule has 11 heteroatoms. The van der Waals surface area contributed by atoms with E-state index in [4.69, 9.17) is 4.74 Å². The maximum atomic E-state index is 14.0. The van der Waals surface area contributed by atoms with E-state index in [0.29, 0.717) is 42.1 Å². The minimum atomic E-state index is -2.99. The number of aliphatic hydroxyl groups excluding tert-OH is 1. The van der Waals surface area contributed by atoms with Crippen molar-refractivity contribution in [2.45, 2.75) is 44.9 Å². The van der Waals surface area contributed by atoms with Gasteiger partial charge in [0.05, 0.1) is 30.7 Å². The van der Waals surface area contributed by atoms with E-state index in [1.165, 1.54) is 12.1 Å². The third kappa shape index (κ3) is 8.59. The van der Waals surface area contributed by atoms with E-state index in [9.17, 15) is 23.4 Å². The molecule has 42 heavy (non-hydrogen) atoms. The molecule has 2 atom stereocenters. The minimum Gasteiger partial charge on any atom is -0.497 e. The quantitative estimate of drug-likeness (QED) is 0.162. The van der Waals surface area contributed by atoms with Gasteiger partial charge in [0.2, 0.25) is 0 Å². The molecule has 0 unspecified atom stereocenters. The molecular weight excluding hydrogens is 559 g/mol. The van der Waals surface area contributed by atoms with Crippen molar-refractivity contribution in [1.29, 1.82) is 0 Å². The average Bonchev–Trinajstić information content (AvgIpc) is 2.96. The Kier molecular flexibility index (Phi) is 11.1. The Morgan fingerprint density at radius 1 is 1.07 bits per heavy atom. The molecular formula is C31H41FN4O5S. The molecule has 0 bridgehead atoms. The van der Waals surface area contributed by atoms with Crippen molar-refractivity contribution < 1.29 is 28.1 Å². The molecule has 1 amide bonds. The van der Waals surface area contributed by atoms with Gasteiger partial charge in [-0.05, 0) is 79.8 Å². The summed E-state index contributed by atoms with van der Waals surface area (Å²) in [7, 11) is -1.39. The standard InChI is InChI=1S/C31H41FN4O5S/c1-3-34-26-17-24(18-27(19-26)36-12-4-5-13-42(36,39)40)31(38)35-29(16-22-8-6-10-25(32)14-22)30(37)21-33-20-23-9-7-11-28(15-23)41-2/h6-11,14-15,17-19,29-30,33-34,37,39-40H,3-5,12-13,16,20-21H2,1-2H3,(H,35,38)/t29-,30-/m0/s1. The monoisotopic (exact) mass is 600 g/mol. The highest BCUT2D eigenvalue weighted by Gasteiger charge is 2.28. The predicted octanol–water partition coefficient (Wildman–Crippen LogP) is 5.02. The highest BCUT2D eigenvalue weighted by molar-refractivity contribution is 8.25. The number of aliphatic hydroxyl groups is 1. The first kappa shape index (κ1) is 31.6. The zero-order valence-electron chi connectivity index (χ0n) is 24.1. The summed E-state index contributed by atoms with van der Waals surface area (Å²) in [6.07, 6.45) is 0.754. The summed E-state index contributed by atoms with van der Waals surface area (Å²) in [6, 6.07) is 18.1. The smallest absolute Gasteiger partial charge is 0.251 e. The van der Waals surface area contributed by atoms with Crippen molar-refractivity contribution in [3.05, 3.63) is 89.2 Å². The molecule has 4 rings (SSSR count). The van der Waals surface area contributed by atoms with Gasteiger partial charge in [-0.3, -0.25) is 18.2 Å². The second-order valence-electron chi connectivity index (χ2n) is 10.4. The van der Waals surface area contributed by atoms with Crippen LogP contribution < -0.4 is 25.0 Å². The summed E-state index contributed by atoms with van der Waals surface area (Å²) in [5.74, 6) is 0.186. The SMILES string of the molecule is CCNc1cc(C(=O)N[C@@H](Cc2cccc(F)c2)[C@@H](O)CNCc2cccc(OC)c2)cc(N2CCCCS2(O)O)c1. The summed E-state index contributed by atoms with van der Waals surface area (Å²) >= 11 is 0. The Bertz CT molecular complexity index is 1340. The molecule has 0 aromatic heterocycles. The van der Waals surface area contributed by atoms with Gasteiger partial charge in [0.25, 0.3) is 5.91 Å². The molecule has 1 heterocycles. The van der Waals surface area contributed by atoms with Crippen LogP contribution in [0.25, 0.3) is 0 Å². The Morgan fingerprint density at radius 3 is 2.60 bits per heavy atom. The number of methoxy groups -OCH3 is 1. The fourth-order valence-corrected chi connectivity index (χ4v) is 6.72. The zero-order valence-corrected chi connectivity index (χ0v) is 24.9. The largest absolute Gasteiger partial charge is 0.497 e. The van der Waals surface area contributed by atoms with E-state index in [-0.39, 0.29) is 18.7 Å². The molecule has 1 aliphatic heterocycles. The number of hydrogen-bond acceptors (Lipinski definition) is 8. The van der Waals surface area contributed by atoms with Crippen LogP contribution in [0.15, 0.2) is 66.7 Å². The molecule has 1 fully saturated rings. The minimum absolute atomic E-state index is 0.175. The van der Waals surface area contributed by atoms with Crippen molar-refractivity contribution in [2.75, 3.05) is 42.1 Å². The fraction of sp³-hybridized carbons (Fsp3) is 0.387. The molecule has 228 valence electrons. The van der Waals surface area contributed by atoms with Gasteiger partial charge in [-0.25, -0.2) is 4.39 Å². The third-order valence-corrected chi connectivity index (χ3v) is 9.11. The van der Waals surface area contributed by atoms with Crippen LogP contribution in [0, 0.1) is 5.82 Å². The Hall–Kier alpha value is -3.35. The Morgan fingerprint density at radius 2 is 1.86 bits per heavy atom. The lowest BCUT2D eigenvalue weighted by Crippen LogP contribution is -2.48. The lowest BCUT2D eigenvalue weighted by molar-refractivity contribution is 0.0830. The highest BCUT2D eigenvalue weighted by atomic mass is 32.3. The van der Waals surface area contributed by atoms with Gasteiger partial charge in [0.15, 0.2) is 0 Å². The number of ether oxygens (including phenoxy) is 1. The van der Waals surface area contributed by atoms with Crippen molar-refractivity contribution >= 4 is 28.1 Å². The van der Waals surface area contributed by atoms with E-state index < -0.39 is 34.6 Å². The predicted molar refractivity (Wildman–Crippen MR) is 167 cm³/mol. The number of halogens is 1. The van der Waals surface area contributed by atoms with E-state index >= 15 is 0 Å². The molecule has 0 saturated carbocycles. The Labute approximate surface area is 248 Å². The molecule has 1 saturated heterocycles. The molecule has 0 spiro atoms. The van der Waals surface area contributed by atoms with Crippen LogP contribution in [0.2, 0.25) is 0 Å². The first-order valence-corrected chi connectivity index (χ1v) is 15.9. The van der Waals surface area contributed by atoms with Crippen LogP contribution in [0.1, 0.15) is 41.3 Å². The maximum Gasteiger partial charge on any atom is 0.251 e. The maximum absolute atomic E-state index is 14.0. The first-order chi connectivity index (χ1) is 20.2. The number of anilines is 2. The van der Waals surface area contributed by atoms with Crippen LogP contribution in [0.4, 0.5) is 15.8 Å². The van der Waals surface area contributed by atoms with Crippen molar-refractivity contribution in [2.24, 2.45) is 0 Å². The van der Waals surface area contributed by atoms with Crippen LogP contribution in [-0.2, 0) is 13.0 Å². The average molecular weight is 601 g/mol. The van der Waals surface area contributed by atoms with Crippen LogP contribution >= 0.6 is 10.8 Å². The topological polar surface area (TPSA) is 126 Å². The van der Waals surface area contributed by atoms with Crippen molar-refractivity contribution in [3.8, 4) is 5.75 Å². The number of nitrogens with zero attached hydrogens (tertiary/aromatic N) is 1. The number of carbonyl (C=O) groups is 1. The van der Waals surface area contributed by atoms with Crippen LogP contribution in [0.5, 0.6) is 5.75 Å². The summed E-state index contributed by atoms with van der Waals surface area (Å²) < 4.78 is 42.2. The number of carbonyl (C=O) groups excluding carboxylic acids is 1. The van der Waals surface area contributed by atoms with Crippen molar-refractivity contribution in [3.63, 3.8) is 0 Å². The summed E-state index contributed by atoms with van der Waals surface area (Å²) in [5, 5.41) is 20.6. The van der Waals surface area contributed by atoms with Gasteiger partial charge in [-0.1, -0.05) is 24.3 Å². The Balaban J connectivity index is 1.54. The van der Waals surface area contributed by atoms with Gasteiger partial charge < -0.3 is 25.8 Å². The molecule has 0 radical (unpaired) electrons. The number of rotatable bonds is 13. The van der Waals surface area contributed by atoms with E-state index in [1.807, 2.05) is 31.2 Å². The van der Waals surface area contributed by atoms with Gasteiger partial charge in [-0.15, -0.1) is 10.8 Å². The first-order valence-electron chi connectivity index (χ1n) is 14.2. The second kappa shape index (κ2) is 14.7. The molecule has 3 aromatic carbocycles. The highest BCUT2D eigenvalue weighted by Crippen LogP contribution is 2.50. The van der Waals surface area contributed by atoms with Crippen LogP contribution in [-0.4, -0.2) is 64.8 Å². The molecule has 0 aliphatic carbocycles. The summed E-state index contributed by atoms with van der Waals surface area (Å²) in [4.78, 5) is 13.6. The molecule has 1 aliphatic rings. The number of benzene rings is 3. The molecule has 9 nitrogen and oxygen atoms in total. The summed E-state index contributed by atoms with van der Waals surface area (Å²) in [5.41, 5.74) is 3.13. The fourth-order valence-electron chi connectivity index (χ4n) is 5.04. The number of amides is 1. The van der Waals surface area contributed by atoms with Crippen LogP contribution in [0.3, 0.4) is 0 Å². The zero-order chi connectivity index (χ0) is 30.1. The summed E-state index contributed by atoms with van der Waals surface area (Å²) in [6.45, 7) is 3.67. The van der Waals surface area contributed by atoms with E-state index in [0.717, 1.165) is 24.2 Å². The van der Waals surface area contributed by atoms with E-state index in [2.05, 4.69) is 16.0 Å².